The highest BCUT2D eigenvalue weighted by atomic mass is 35.5. The van der Waals surface area contributed by atoms with Gasteiger partial charge in [0.1, 0.15) is 5.75 Å². The predicted octanol–water partition coefficient (Wildman–Crippen LogP) is 2.60. The molecule has 0 aliphatic carbocycles. The van der Waals surface area contributed by atoms with Crippen molar-refractivity contribution in [3.63, 3.8) is 0 Å². The van der Waals surface area contributed by atoms with E-state index in [2.05, 4.69) is 0 Å². The average Bonchev–Trinajstić information content (AvgIpc) is 1.88. The van der Waals surface area contributed by atoms with Crippen LogP contribution in [-0.4, -0.2) is 5.11 Å². The minimum Gasteiger partial charge on any atom is -0.508 e. The molecule has 1 rings (SSSR count). The number of benzene rings is 1. The molecule has 0 saturated heterocycles. The summed E-state index contributed by atoms with van der Waals surface area (Å²) in [5, 5.41) is 8.96. The number of hydrogen-bond acceptors (Lipinski definition) is 1. The minimum atomic E-state index is 0.257. The van der Waals surface area contributed by atoms with Crippen LogP contribution in [-0.2, 0) is 0 Å². The summed E-state index contributed by atoms with van der Waals surface area (Å²) in [5.74, 6) is 0.257. The summed E-state index contributed by atoms with van der Waals surface area (Å²) in [5.41, 5.74) is 2.31. The van der Waals surface area contributed by atoms with Crippen LogP contribution >= 0.6 is 11.6 Å². The van der Waals surface area contributed by atoms with E-state index in [0.717, 1.165) is 5.56 Å². The van der Waals surface area contributed by atoms with Crippen LogP contribution in [0.3, 0.4) is 0 Å². The van der Waals surface area contributed by atoms with Gasteiger partial charge in [0, 0.05) is 5.54 Å². The van der Waals surface area contributed by atoms with E-state index in [1.165, 1.54) is 5.54 Å². The van der Waals surface area contributed by atoms with E-state index in [9.17, 15) is 0 Å². The minimum absolute atomic E-state index is 0.257. The van der Waals surface area contributed by atoms with E-state index in [1.807, 2.05) is 6.07 Å². The molecule has 0 unspecified atom stereocenters. The van der Waals surface area contributed by atoms with Crippen LogP contribution in [0.2, 0.25) is 0 Å². The first kappa shape index (κ1) is 7.16. The van der Waals surface area contributed by atoms with E-state index in [0.29, 0.717) is 0 Å². The summed E-state index contributed by atoms with van der Waals surface area (Å²) in [6, 6.07) is 6.88. The highest BCUT2D eigenvalue weighted by molar-refractivity contribution is 6.27. The fourth-order valence-corrected chi connectivity index (χ4v) is 0.847. The van der Waals surface area contributed by atoms with E-state index in [1.54, 1.807) is 24.3 Å². The fraction of sp³-hybridized carbons (Fsp3) is 0. The maximum atomic E-state index is 8.96. The Morgan fingerprint density at radius 1 is 1.40 bits per heavy atom. The van der Waals surface area contributed by atoms with E-state index in [4.69, 9.17) is 16.7 Å². The molecule has 1 aromatic carbocycles. The van der Waals surface area contributed by atoms with Crippen LogP contribution < -0.4 is 0 Å². The van der Waals surface area contributed by atoms with Gasteiger partial charge in [0.05, 0.1) is 0 Å². The zero-order chi connectivity index (χ0) is 7.40. The molecule has 0 amide bonds. The molecule has 1 aromatic rings. The molecule has 0 heterocycles. The number of phenols is 1. The smallest absolute Gasteiger partial charge is 0.116 e. The van der Waals surface area contributed by atoms with Gasteiger partial charge in [0.15, 0.2) is 0 Å². The third-order valence-electron chi connectivity index (χ3n) is 1.13. The zero-order valence-electron chi connectivity index (χ0n) is 5.29. The summed E-state index contributed by atoms with van der Waals surface area (Å²) in [6.07, 6.45) is 1.71. The molecule has 10 heavy (non-hydrogen) atoms. The van der Waals surface area contributed by atoms with Crippen LogP contribution in [0.5, 0.6) is 5.75 Å². The summed E-state index contributed by atoms with van der Waals surface area (Å²) < 4.78 is 0. The average molecular weight is 155 g/mol. The normalized spacial score (nSPS) is 10.5. The maximum Gasteiger partial charge on any atom is 0.116 e. The monoisotopic (exact) mass is 154 g/mol. The van der Waals surface area contributed by atoms with Gasteiger partial charge in [-0.3, -0.25) is 0 Å². The van der Waals surface area contributed by atoms with Crippen LogP contribution in [0.25, 0.3) is 6.08 Å². The Hall–Kier alpha value is -0.950. The Morgan fingerprint density at radius 2 is 2.20 bits per heavy atom. The van der Waals surface area contributed by atoms with E-state index < -0.39 is 0 Å². The second-order valence-electron chi connectivity index (χ2n) is 1.89. The highest BCUT2D eigenvalue weighted by Crippen LogP contribution is 2.11. The van der Waals surface area contributed by atoms with Gasteiger partial charge in [-0.1, -0.05) is 23.7 Å². The number of rotatable bonds is 1. The van der Waals surface area contributed by atoms with Gasteiger partial charge in [-0.25, -0.2) is 0 Å². The van der Waals surface area contributed by atoms with Crippen molar-refractivity contribution >= 4 is 17.7 Å². The first-order chi connectivity index (χ1) is 4.83. The predicted molar refractivity (Wildman–Crippen MR) is 43.0 cm³/mol. The lowest BCUT2D eigenvalue weighted by atomic mass is 10.2. The SMILES string of the molecule is Oc1cccc(/C=C/Cl)c1. The van der Waals surface area contributed by atoms with Crippen molar-refractivity contribution in [2.75, 3.05) is 0 Å². The van der Waals surface area contributed by atoms with Crippen LogP contribution in [0.4, 0.5) is 0 Å². The third kappa shape index (κ3) is 1.78. The molecule has 1 N–H and O–H groups in total. The van der Waals surface area contributed by atoms with Crippen LogP contribution in [0.15, 0.2) is 29.8 Å². The van der Waals surface area contributed by atoms with Crippen molar-refractivity contribution in [2.24, 2.45) is 0 Å². The van der Waals surface area contributed by atoms with Crippen molar-refractivity contribution in [2.45, 2.75) is 0 Å². The number of aromatic hydroxyl groups is 1. The highest BCUT2D eigenvalue weighted by Gasteiger charge is 1.86. The molecule has 0 saturated carbocycles. The lowest BCUT2D eigenvalue weighted by molar-refractivity contribution is 0.475. The van der Waals surface area contributed by atoms with Crippen molar-refractivity contribution < 1.29 is 5.11 Å². The zero-order valence-corrected chi connectivity index (χ0v) is 6.05. The summed E-state index contributed by atoms with van der Waals surface area (Å²) in [7, 11) is 0. The Kier molecular flexibility index (Phi) is 2.35. The van der Waals surface area contributed by atoms with Gasteiger partial charge in [-0.2, -0.15) is 0 Å². The van der Waals surface area contributed by atoms with Crippen molar-refractivity contribution in [1.82, 2.24) is 0 Å². The summed E-state index contributed by atoms with van der Waals surface area (Å²) in [6.45, 7) is 0. The molecular weight excluding hydrogens is 148 g/mol. The largest absolute Gasteiger partial charge is 0.508 e. The molecular formula is C8H7ClO. The Bertz CT molecular complexity index is 243. The third-order valence-corrected chi connectivity index (χ3v) is 1.25. The molecule has 0 aliphatic heterocycles. The molecule has 0 aromatic heterocycles. The Morgan fingerprint density at radius 3 is 2.80 bits per heavy atom. The van der Waals surface area contributed by atoms with Gasteiger partial charge in [-0.15, -0.1) is 0 Å². The topological polar surface area (TPSA) is 20.2 Å². The van der Waals surface area contributed by atoms with Gasteiger partial charge in [0.2, 0.25) is 0 Å². The van der Waals surface area contributed by atoms with Gasteiger partial charge in [0.25, 0.3) is 0 Å². The quantitative estimate of drug-likeness (QED) is 0.659. The van der Waals surface area contributed by atoms with Gasteiger partial charge in [-0.05, 0) is 23.8 Å². The lowest BCUT2D eigenvalue weighted by Crippen LogP contribution is -1.68. The fourth-order valence-electron chi connectivity index (χ4n) is 0.701. The van der Waals surface area contributed by atoms with Crippen LogP contribution in [0.1, 0.15) is 5.56 Å². The summed E-state index contributed by atoms with van der Waals surface area (Å²) >= 11 is 5.33. The lowest BCUT2D eigenvalue weighted by Gasteiger charge is -1.92. The second kappa shape index (κ2) is 3.28. The van der Waals surface area contributed by atoms with E-state index in [-0.39, 0.29) is 5.75 Å². The first-order valence-corrected chi connectivity index (χ1v) is 3.32. The molecule has 52 valence electrons. The van der Waals surface area contributed by atoms with Gasteiger partial charge >= 0.3 is 0 Å². The molecule has 0 bridgehead atoms. The molecule has 0 atom stereocenters. The molecule has 0 aliphatic rings. The van der Waals surface area contributed by atoms with Crippen molar-refractivity contribution in [3.05, 3.63) is 35.4 Å². The second-order valence-corrected chi connectivity index (χ2v) is 2.14. The van der Waals surface area contributed by atoms with E-state index >= 15 is 0 Å². The molecule has 0 spiro atoms. The molecule has 1 nitrogen and oxygen atoms in total. The number of phenolic OH excluding ortho intramolecular Hbond substituents is 1. The van der Waals surface area contributed by atoms with Gasteiger partial charge < -0.3 is 5.11 Å². The number of hydrogen-bond donors (Lipinski definition) is 1. The maximum absolute atomic E-state index is 8.96. The van der Waals surface area contributed by atoms with Crippen molar-refractivity contribution in [1.29, 1.82) is 0 Å². The Labute approximate surface area is 64.6 Å². The Balaban J connectivity index is 2.95. The van der Waals surface area contributed by atoms with Crippen LogP contribution in [0, 0.1) is 0 Å². The molecule has 0 radical (unpaired) electrons. The number of halogens is 1. The standard InChI is InChI=1S/C8H7ClO/c9-5-4-7-2-1-3-8(10)6-7/h1-6,10H/b5-4+. The van der Waals surface area contributed by atoms with Crippen molar-refractivity contribution in [3.8, 4) is 5.75 Å². The molecule has 2 heteroatoms. The summed E-state index contributed by atoms with van der Waals surface area (Å²) in [4.78, 5) is 0. The molecule has 0 fully saturated rings. The first-order valence-electron chi connectivity index (χ1n) is 2.89.